The molecule has 0 unspecified atom stereocenters. The second kappa shape index (κ2) is 6.80. The summed E-state index contributed by atoms with van der Waals surface area (Å²) in [5.74, 6) is 0.344. The molecule has 7 heteroatoms. The molecular formula is C16H24N4O3. The van der Waals surface area contributed by atoms with Crippen molar-refractivity contribution in [3.63, 3.8) is 0 Å². The number of ether oxygens (including phenoxy) is 2. The number of carbonyl (C=O) groups excluding carboxylic acids is 1. The maximum Gasteiger partial charge on any atom is 0.274 e. The van der Waals surface area contributed by atoms with Crippen LogP contribution in [0, 0.1) is 0 Å². The first kappa shape index (κ1) is 16.1. The van der Waals surface area contributed by atoms with Crippen molar-refractivity contribution in [3.8, 4) is 0 Å². The Morgan fingerprint density at radius 2 is 1.83 bits per heavy atom. The van der Waals surface area contributed by atoms with E-state index < -0.39 is 0 Å². The lowest BCUT2D eigenvalue weighted by atomic mass is 10.0. The van der Waals surface area contributed by atoms with Gasteiger partial charge in [-0.05, 0) is 26.0 Å². The highest BCUT2D eigenvalue weighted by Gasteiger charge is 2.40. The molecule has 126 valence electrons. The second-order valence-electron chi connectivity index (χ2n) is 5.85. The Balaban J connectivity index is 1.63. The van der Waals surface area contributed by atoms with Crippen LogP contribution in [0.5, 0.6) is 0 Å². The van der Waals surface area contributed by atoms with Crippen LogP contribution in [0.25, 0.3) is 0 Å². The quantitative estimate of drug-likeness (QED) is 0.833. The van der Waals surface area contributed by atoms with Crippen LogP contribution >= 0.6 is 0 Å². The van der Waals surface area contributed by atoms with Crippen LogP contribution < -0.4 is 4.90 Å². The van der Waals surface area contributed by atoms with E-state index in [9.17, 15) is 4.79 Å². The van der Waals surface area contributed by atoms with Gasteiger partial charge in [0.2, 0.25) is 0 Å². The Morgan fingerprint density at radius 1 is 1.17 bits per heavy atom. The molecule has 23 heavy (non-hydrogen) atoms. The maximum atomic E-state index is 12.2. The minimum Gasteiger partial charge on any atom is -0.355 e. The van der Waals surface area contributed by atoms with Gasteiger partial charge in [0.25, 0.3) is 5.91 Å². The van der Waals surface area contributed by atoms with Crippen molar-refractivity contribution in [1.82, 2.24) is 15.1 Å². The summed E-state index contributed by atoms with van der Waals surface area (Å²) in [5.41, 5.74) is 0.397. The highest BCUT2D eigenvalue weighted by atomic mass is 16.7. The number of carbonyl (C=O) groups is 1. The number of amides is 1. The number of aromatic nitrogens is 2. The molecule has 2 saturated heterocycles. The van der Waals surface area contributed by atoms with Crippen LogP contribution in [0.4, 0.5) is 5.82 Å². The van der Waals surface area contributed by atoms with Gasteiger partial charge in [-0.15, -0.1) is 10.2 Å². The van der Waals surface area contributed by atoms with Gasteiger partial charge in [0, 0.05) is 39.0 Å². The summed E-state index contributed by atoms with van der Waals surface area (Å²) in [7, 11) is 0. The number of nitrogens with zero attached hydrogens (tertiary/aromatic N) is 4. The molecule has 3 rings (SSSR count). The second-order valence-corrected chi connectivity index (χ2v) is 5.85. The van der Waals surface area contributed by atoms with Crippen molar-refractivity contribution in [2.24, 2.45) is 0 Å². The van der Waals surface area contributed by atoms with Crippen LogP contribution in [-0.2, 0) is 9.47 Å². The molecule has 0 aliphatic carbocycles. The average molecular weight is 320 g/mol. The molecule has 1 amide bonds. The van der Waals surface area contributed by atoms with Gasteiger partial charge in [-0.2, -0.15) is 0 Å². The van der Waals surface area contributed by atoms with E-state index >= 15 is 0 Å². The first-order valence-corrected chi connectivity index (χ1v) is 8.33. The molecule has 0 bridgehead atoms. The number of hydrogen-bond acceptors (Lipinski definition) is 6. The van der Waals surface area contributed by atoms with Crippen molar-refractivity contribution >= 4 is 11.7 Å². The minimum absolute atomic E-state index is 0.0700. The monoisotopic (exact) mass is 320 g/mol. The summed E-state index contributed by atoms with van der Waals surface area (Å²) < 4.78 is 11.5. The van der Waals surface area contributed by atoms with Gasteiger partial charge in [-0.3, -0.25) is 4.79 Å². The normalized spacial score (nSPS) is 20.0. The Labute approximate surface area is 136 Å². The van der Waals surface area contributed by atoms with Gasteiger partial charge in [0.05, 0.1) is 13.2 Å². The summed E-state index contributed by atoms with van der Waals surface area (Å²) in [6.45, 7) is 8.26. The molecule has 0 atom stereocenters. The fourth-order valence-corrected chi connectivity index (χ4v) is 3.14. The third-order valence-corrected chi connectivity index (χ3v) is 4.58. The van der Waals surface area contributed by atoms with Gasteiger partial charge in [0.1, 0.15) is 0 Å². The number of anilines is 1. The maximum absolute atomic E-state index is 12.2. The Kier molecular flexibility index (Phi) is 4.77. The first-order chi connectivity index (χ1) is 11.2. The zero-order valence-corrected chi connectivity index (χ0v) is 13.8. The van der Waals surface area contributed by atoms with Crippen LogP contribution in [0.15, 0.2) is 12.1 Å². The van der Waals surface area contributed by atoms with E-state index in [1.54, 1.807) is 11.0 Å². The van der Waals surface area contributed by atoms with Crippen molar-refractivity contribution in [2.45, 2.75) is 32.5 Å². The van der Waals surface area contributed by atoms with Gasteiger partial charge >= 0.3 is 0 Å². The predicted octanol–water partition coefficient (Wildman–Crippen LogP) is 1.30. The van der Waals surface area contributed by atoms with E-state index in [1.807, 2.05) is 19.9 Å². The molecular weight excluding hydrogens is 296 g/mol. The summed E-state index contributed by atoms with van der Waals surface area (Å²) in [4.78, 5) is 16.1. The first-order valence-electron chi connectivity index (χ1n) is 8.33. The lowest BCUT2D eigenvalue weighted by molar-refractivity contribution is -0.169. The van der Waals surface area contributed by atoms with Crippen molar-refractivity contribution in [3.05, 3.63) is 17.8 Å². The summed E-state index contributed by atoms with van der Waals surface area (Å²) in [6.07, 6.45) is 1.66. The van der Waals surface area contributed by atoms with Crippen molar-refractivity contribution < 1.29 is 14.3 Å². The lowest BCUT2D eigenvalue weighted by Crippen LogP contribution is -2.45. The number of rotatable bonds is 4. The zero-order chi connectivity index (χ0) is 16.3. The third-order valence-electron chi connectivity index (χ3n) is 4.58. The van der Waals surface area contributed by atoms with Crippen LogP contribution in [-0.4, -0.2) is 66.2 Å². The van der Waals surface area contributed by atoms with E-state index in [0.29, 0.717) is 32.0 Å². The van der Waals surface area contributed by atoms with Crippen LogP contribution in [0.3, 0.4) is 0 Å². The summed E-state index contributed by atoms with van der Waals surface area (Å²) in [5, 5.41) is 8.35. The highest BCUT2D eigenvalue weighted by molar-refractivity contribution is 5.92. The average Bonchev–Trinajstić information content (AvgIpc) is 3.05. The van der Waals surface area contributed by atoms with E-state index in [0.717, 1.165) is 31.7 Å². The molecule has 0 aromatic carbocycles. The topological polar surface area (TPSA) is 67.8 Å². The smallest absolute Gasteiger partial charge is 0.274 e. The molecule has 0 radical (unpaired) electrons. The van der Waals surface area contributed by atoms with E-state index in [4.69, 9.17) is 9.47 Å². The summed E-state index contributed by atoms with van der Waals surface area (Å²) >= 11 is 0. The molecule has 1 spiro atoms. The van der Waals surface area contributed by atoms with Crippen LogP contribution in [0.1, 0.15) is 37.2 Å². The van der Waals surface area contributed by atoms with Gasteiger partial charge in [-0.25, -0.2) is 0 Å². The fraction of sp³-hybridized carbons (Fsp3) is 0.688. The van der Waals surface area contributed by atoms with Gasteiger partial charge in [-0.1, -0.05) is 0 Å². The Hall–Kier alpha value is -1.73. The minimum atomic E-state index is -0.386. The molecule has 3 heterocycles. The lowest BCUT2D eigenvalue weighted by Gasteiger charge is -2.37. The Morgan fingerprint density at radius 3 is 2.35 bits per heavy atom. The molecule has 7 nitrogen and oxygen atoms in total. The molecule has 1 aromatic rings. The Bertz CT molecular complexity index is 529. The third kappa shape index (κ3) is 3.30. The molecule has 1 aromatic heterocycles. The van der Waals surface area contributed by atoms with E-state index in [-0.39, 0.29) is 11.7 Å². The molecule has 2 fully saturated rings. The SMILES string of the molecule is CCN(CC)C(=O)c1ccc(N2CCC3(CC2)OCCO3)nn1. The van der Waals surface area contributed by atoms with E-state index in [1.165, 1.54) is 0 Å². The molecule has 0 saturated carbocycles. The fourth-order valence-electron chi connectivity index (χ4n) is 3.14. The van der Waals surface area contributed by atoms with Crippen molar-refractivity contribution in [1.29, 1.82) is 0 Å². The van der Waals surface area contributed by atoms with Gasteiger partial charge in [0.15, 0.2) is 17.3 Å². The largest absolute Gasteiger partial charge is 0.355 e. The number of hydrogen-bond donors (Lipinski definition) is 0. The molecule has 0 N–H and O–H groups in total. The number of piperidine rings is 1. The molecule has 2 aliphatic rings. The zero-order valence-electron chi connectivity index (χ0n) is 13.8. The van der Waals surface area contributed by atoms with E-state index in [2.05, 4.69) is 15.1 Å². The molecule has 2 aliphatic heterocycles. The highest BCUT2D eigenvalue weighted by Crippen LogP contribution is 2.32. The van der Waals surface area contributed by atoms with Crippen LogP contribution in [0.2, 0.25) is 0 Å². The van der Waals surface area contributed by atoms with Crippen molar-refractivity contribution in [2.75, 3.05) is 44.3 Å². The summed E-state index contributed by atoms with van der Waals surface area (Å²) in [6, 6.07) is 3.63. The standard InChI is InChI=1S/C16H24N4O3/c1-3-19(4-2)15(21)13-5-6-14(18-17-13)20-9-7-16(8-10-20)22-11-12-23-16/h5-6H,3-4,7-12H2,1-2H3. The van der Waals surface area contributed by atoms with Gasteiger partial charge < -0.3 is 19.3 Å². The predicted molar refractivity (Wildman–Crippen MR) is 85.4 cm³/mol.